The Morgan fingerprint density at radius 3 is 2.50 bits per heavy atom. The van der Waals surface area contributed by atoms with Crippen LogP contribution >= 0.6 is 11.6 Å². The molecule has 5 heteroatoms. The molecule has 0 unspecified atom stereocenters. The van der Waals surface area contributed by atoms with Gasteiger partial charge < -0.3 is 0 Å². The first-order valence-electron chi connectivity index (χ1n) is 6.09. The van der Waals surface area contributed by atoms with Crippen LogP contribution in [0.1, 0.15) is 5.56 Å². The second-order valence-corrected chi connectivity index (χ2v) is 4.62. The third-order valence-electron chi connectivity index (χ3n) is 2.75. The summed E-state index contributed by atoms with van der Waals surface area (Å²) < 4.78 is 0. The molecule has 0 amide bonds. The fourth-order valence-electron chi connectivity index (χ4n) is 1.73. The Morgan fingerprint density at radius 1 is 1.00 bits per heavy atom. The van der Waals surface area contributed by atoms with Gasteiger partial charge in [0.1, 0.15) is 5.69 Å². The number of rotatable bonds is 3. The van der Waals surface area contributed by atoms with Crippen LogP contribution in [-0.2, 0) is 0 Å². The Hall–Kier alpha value is -2.46. The van der Waals surface area contributed by atoms with Crippen molar-refractivity contribution >= 4 is 17.8 Å². The van der Waals surface area contributed by atoms with Gasteiger partial charge in [0.2, 0.25) is 0 Å². The van der Waals surface area contributed by atoms with Gasteiger partial charge >= 0.3 is 0 Å². The highest BCUT2D eigenvalue weighted by atomic mass is 35.5. The standard InChI is InChI=1S/C15H11ClN4/c16-14-8-6-12(7-9-14)10-17-20-11-15(18-19-20)13-4-2-1-3-5-13/h1-11H/b17-10+. The van der Waals surface area contributed by atoms with Crippen molar-refractivity contribution in [2.45, 2.75) is 0 Å². The molecule has 0 saturated heterocycles. The van der Waals surface area contributed by atoms with E-state index in [0.717, 1.165) is 16.8 Å². The Bertz CT molecular complexity index is 717. The topological polar surface area (TPSA) is 43.1 Å². The van der Waals surface area contributed by atoms with Crippen molar-refractivity contribution in [2.24, 2.45) is 5.10 Å². The summed E-state index contributed by atoms with van der Waals surface area (Å²) >= 11 is 5.83. The first-order valence-corrected chi connectivity index (χ1v) is 6.47. The van der Waals surface area contributed by atoms with E-state index in [2.05, 4.69) is 15.4 Å². The van der Waals surface area contributed by atoms with E-state index < -0.39 is 0 Å². The van der Waals surface area contributed by atoms with Crippen LogP contribution in [0.3, 0.4) is 0 Å². The van der Waals surface area contributed by atoms with Gasteiger partial charge in [-0.2, -0.15) is 5.10 Å². The molecule has 0 bridgehead atoms. The molecular formula is C15H11ClN4. The van der Waals surface area contributed by atoms with E-state index in [9.17, 15) is 0 Å². The van der Waals surface area contributed by atoms with Crippen molar-refractivity contribution in [1.82, 2.24) is 15.1 Å². The lowest BCUT2D eigenvalue weighted by Gasteiger charge is -1.93. The van der Waals surface area contributed by atoms with E-state index >= 15 is 0 Å². The molecule has 0 spiro atoms. The van der Waals surface area contributed by atoms with Gasteiger partial charge in [0.25, 0.3) is 0 Å². The maximum Gasteiger partial charge on any atom is 0.115 e. The molecular weight excluding hydrogens is 272 g/mol. The average Bonchev–Trinajstić information content (AvgIpc) is 2.97. The first kappa shape index (κ1) is 12.6. The lowest BCUT2D eigenvalue weighted by molar-refractivity contribution is 0.697. The predicted octanol–water partition coefficient (Wildman–Crippen LogP) is 3.48. The van der Waals surface area contributed by atoms with Gasteiger partial charge in [0, 0.05) is 10.6 Å². The highest BCUT2D eigenvalue weighted by Gasteiger charge is 2.01. The predicted molar refractivity (Wildman–Crippen MR) is 79.9 cm³/mol. The van der Waals surface area contributed by atoms with Gasteiger partial charge in [0.15, 0.2) is 0 Å². The van der Waals surface area contributed by atoms with Gasteiger partial charge in [0.05, 0.1) is 12.4 Å². The van der Waals surface area contributed by atoms with E-state index in [1.165, 1.54) is 4.79 Å². The summed E-state index contributed by atoms with van der Waals surface area (Å²) in [4.78, 5) is 1.44. The van der Waals surface area contributed by atoms with Crippen LogP contribution in [0.2, 0.25) is 5.02 Å². The number of aromatic nitrogens is 3. The molecule has 1 aromatic heterocycles. The van der Waals surface area contributed by atoms with Crippen LogP contribution in [0, 0.1) is 0 Å². The molecule has 0 aliphatic carbocycles. The van der Waals surface area contributed by atoms with Crippen molar-refractivity contribution < 1.29 is 0 Å². The highest BCUT2D eigenvalue weighted by Crippen LogP contribution is 2.14. The molecule has 4 nitrogen and oxygen atoms in total. The molecule has 0 atom stereocenters. The number of hydrogen-bond acceptors (Lipinski definition) is 3. The fourth-order valence-corrected chi connectivity index (χ4v) is 1.85. The van der Waals surface area contributed by atoms with Crippen molar-refractivity contribution in [2.75, 3.05) is 0 Å². The monoisotopic (exact) mass is 282 g/mol. The van der Waals surface area contributed by atoms with Crippen LogP contribution in [-0.4, -0.2) is 21.3 Å². The smallest absolute Gasteiger partial charge is 0.115 e. The number of benzene rings is 2. The maximum absolute atomic E-state index is 5.83. The lowest BCUT2D eigenvalue weighted by Crippen LogP contribution is -1.91. The van der Waals surface area contributed by atoms with Gasteiger partial charge in [-0.3, -0.25) is 0 Å². The third kappa shape index (κ3) is 2.92. The summed E-state index contributed by atoms with van der Waals surface area (Å²) in [6.07, 6.45) is 3.49. The molecule has 3 rings (SSSR count). The van der Waals surface area contributed by atoms with Crippen LogP contribution in [0.25, 0.3) is 11.3 Å². The van der Waals surface area contributed by atoms with Gasteiger partial charge in [-0.1, -0.05) is 54.1 Å². The number of nitrogens with zero attached hydrogens (tertiary/aromatic N) is 4. The molecule has 20 heavy (non-hydrogen) atoms. The quantitative estimate of drug-likeness (QED) is 0.690. The van der Waals surface area contributed by atoms with Crippen LogP contribution in [0.4, 0.5) is 0 Å². The van der Waals surface area contributed by atoms with E-state index in [1.807, 2.05) is 54.6 Å². The summed E-state index contributed by atoms with van der Waals surface area (Å²) in [6.45, 7) is 0. The minimum absolute atomic E-state index is 0.703. The second-order valence-electron chi connectivity index (χ2n) is 4.19. The summed E-state index contributed by atoms with van der Waals surface area (Å²) in [7, 11) is 0. The molecule has 0 aliphatic rings. The van der Waals surface area contributed by atoms with Crippen molar-refractivity contribution in [1.29, 1.82) is 0 Å². The second kappa shape index (κ2) is 5.67. The fraction of sp³-hybridized carbons (Fsp3) is 0. The Labute approximate surface area is 121 Å². The third-order valence-corrected chi connectivity index (χ3v) is 3.00. The van der Waals surface area contributed by atoms with E-state index in [0.29, 0.717) is 5.02 Å². The molecule has 0 N–H and O–H groups in total. The SMILES string of the molecule is Clc1ccc(/C=N/n2cc(-c3ccccc3)nn2)cc1. The molecule has 0 aliphatic heterocycles. The minimum Gasteiger partial charge on any atom is -0.157 e. The van der Waals surface area contributed by atoms with Crippen LogP contribution < -0.4 is 0 Å². The molecule has 0 saturated carbocycles. The largest absolute Gasteiger partial charge is 0.157 e. The zero-order valence-corrected chi connectivity index (χ0v) is 11.3. The molecule has 3 aromatic rings. The lowest BCUT2D eigenvalue weighted by atomic mass is 10.2. The van der Waals surface area contributed by atoms with Crippen molar-refractivity contribution in [3.05, 3.63) is 71.4 Å². The van der Waals surface area contributed by atoms with Gasteiger partial charge in [-0.15, -0.1) is 9.89 Å². The normalized spacial score (nSPS) is 11.1. The molecule has 0 fully saturated rings. The molecule has 2 aromatic carbocycles. The van der Waals surface area contributed by atoms with Gasteiger partial charge in [-0.25, -0.2) is 0 Å². The first-order chi connectivity index (χ1) is 9.81. The van der Waals surface area contributed by atoms with E-state index in [-0.39, 0.29) is 0 Å². The number of halogens is 1. The van der Waals surface area contributed by atoms with E-state index in [1.54, 1.807) is 12.4 Å². The van der Waals surface area contributed by atoms with Crippen LogP contribution in [0.15, 0.2) is 65.9 Å². The highest BCUT2D eigenvalue weighted by molar-refractivity contribution is 6.30. The Morgan fingerprint density at radius 2 is 1.75 bits per heavy atom. The summed E-state index contributed by atoms with van der Waals surface area (Å²) in [5.41, 5.74) is 2.76. The van der Waals surface area contributed by atoms with E-state index in [4.69, 9.17) is 11.6 Å². The van der Waals surface area contributed by atoms with Crippen molar-refractivity contribution in [3.63, 3.8) is 0 Å². The zero-order valence-electron chi connectivity index (χ0n) is 10.5. The Balaban J connectivity index is 1.79. The number of hydrogen-bond donors (Lipinski definition) is 0. The minimum atomic E-state index is 0.703. The molecule has 0 radical (unpaired) electrons. The maximum atomic E-state index is 5.83. The summed E-state index contributed by atoms with van der Waals surface area (Å²) in [5.74, 6) is 0. The van der Waals surface area contributed by atoms with Gasteiger partial charge in [-0.05, 0) is 22.9 Å². The molecule has 98 valence electrons. The summed E-state index contributed by atoms with van der Waals surface area (Å²) in [6, 6.07) is 17.3. The Kier molecular flexibility index (Phi) is 3.56. The zero-order chi connectivity index (χ0) is 13.8. The van der Waals surface area contributed by atoms with Crippen LogP contribution in [0.5, 0.6) is 0 Å². The summed E-state index contributed by atoms with van der Waals surface area (Å²) in [5, 5.41) is 13.0. The molecule has 1 heterocycles. The van der Waals surface area contributed by atoms with Crippen molar-refractivity contribution in [3.8, 4) is 11.3 Å². The average molecular weight is 283 g/mol.